The van der Waals surface area contributed by atoms with E-state index in [4.69, 9.17) is 22.5 Å². The van der Waals surface area contributed by atoms with Gasteiger partial charge in [0.2, 0.25) is 0 Å². The Balaban J connectivity index is 2.32. The summed E-state index contributed by atoms with van der Waals surface area (Å²) in [7, 11) is 0. The summed E-state index contributed by atoms with van der Waals surface area (Å²) in [5.41, 5.74) is 6.53. The highest BCUT2D eigenvalue weighted by atomic mass is 35.5. The Morgan fingerprint density at radius 2 is 2.35 bits per heavy atom. The Labute approximate surface area is 106 Å². The number of nitrogens with two attached hydrogens (primary N) is 1. The summed E-state index contributed by atoms with van der Waals surface area (Å²) in [6, 6.07) is 8.01. The largest absolute Gasteiger partial charge is 0.409 e. The molecule has 0 saturated heterocycles. The summed E-state index contributed by atoms with van der Waals surface area (Å²) < 4.78 is 0. The quantitative estimate of drug-likeness (QED) is 0.241. The zero-order valence-corrected chi connectivity index (χ0v) is 10.6. The van der Waals surface area contributed by atoms with Gasteiger partial charge in [-0.3, -0.25) is 0 Å². The molecule has 17 heavy (non-hydrogen) atoms. The van der Waals surface area contributed by atoms with E-state index in [-0.39, 0.29) is 11.9 Å². The molecule has 4 nitrogen and oxygen atoms in total. The molecular weight excluding hydrogens is 238 g/mol. The number of halogens is 1. The van der Waals surface area contributed by atoms with E-state index in [0.717, 1.165) is 23.6 Å². The fourth-order valence-corrected chi connectivity index (χ4v) is 1.73. The Kier molecular flexibility index (Phi) is 5.80. The molecule has 0 spiro atoms. The number of nitrogens with one attached hydrogen (secondary N) is 1. The van der Waals surface area contributed by atoms with Gasteiger partial charge in [0.05, 0.1) is 0 Å². The van der Waals surface area contributed by atoms with E-state index in [1.807, 2.05) is 24.3 Å². The Morgan fingerprint density at radius 1 is 1.59 bits per heavy atom. The lowest BCUT2D eigenvalue weighted by atomic mass is 10.1. The van der Waals surface area contributed by atoms with Crippen molar-refractivity contribution in [1.82, 2.24) is 5.32 Å². The summed E-state index contributed by atoms with van der Waals surface area (Å²) in [5.74, 6) is 0.266. The monoisotopic (exact) mass is 255 g/mol. The lowest BCUT2D eigenvalue weighted by Crippen LogP contribution is -2.21. The normalized spacial score (nSPS) is 13.6. The van der Waals surface area contributed by atoms with Gasteiger partial charge in [-0.15, -0.1) is 0 Å². The van der Waals surface area contributed by atoms with Crippen molar-refractivity contribution in [1.29, 1.82) is 0 Å². The maximum absolute atomic E-state index is 8.38. The maximum atomic E-state index is 8.38. The second kappa shape index (κ2) is 7.14. The Hall–Kier alpha value is -1.26. The molecule has 94 valence electrons. The molecule has 0 heterocycles. The minimum absolute atomic E-state index is 0.237. The fourth-order valence-electron chi connectivity index (χ4n) is 1.53. The number of oxime groups is 1. The van der Waals surface area contributed by atoms with Gasteiger partial charge in [0.1, 0.15) is 5.84 Å². The van der Waals surface area contributed by atoms with Gasteiger partial charge >= 0.3 is 0 Å². The lowest BCUT2D eigenvalue weighted by molar-refractivity contribution is 0.316. The van der Waals surface area contributed by atoms with Crippen molar-refractivity contribution in [2.75, 3.05) is 6.54 Å². The van der Waals surface area contributed by atoms with Crippen LogP contribution in [0.5, 0.6) is 0 Å². The van der Waals surface area contributed by atoms with Gasteiger partial charge in [0, 0.05) is 17.5 Å². The Bertz CT molecular complexity index is 382. The highest BCUT2D eigenvalue weighted by Gasteiger charge is 2.04. The zero-order chi connectivity index (χ0) is 12.7. The second-order valence-electron chi connectivity index (χ2n) is 3.93. The molecule has 4 N–H and O–H groups in total. The average Bonchev–Trinajstić information content (AvgIpc) is 2.34. The van der Waals surface area contributed by atoms with Crippen LogP contribution in [-0.4, -0.2) is 17.6 Å². The van der Waals surface area contributed by atoms with E-state index in [0.29, 0.717) is 6.42 Å². The molecule has 1 rings (SSSR count). The lowest BCUT2D eigenvalue weighted by Gasteiger charge is -2.14. The van der Waals surface area contributed by atoms with E-state index >= 15 is 0 Å². The van der Waals surface area contributed by atoms with Gasteiger partial charge in [-0.1, -0.05) is 28.9 Å². The van der Waals surface area contributed by atoms with Gasteiger partial charge in [-0.05, 0) is 37.6 Å². The predicted octanol–water partition coefficient (Wildman–Crippen LogP) is 2.52. The van der Waals surface area contributed by atoms with E-state index < -0.39 is 0 Å². The van der Waals surface area contributed by atoms with Crippen LogP contribution >= 0.6 is 11.6 Å². The molecule has 0 saturated carbocycles. The molecule has 0 aliphatic rings. The van der Waals surface area contributed by atoms with Crippen molar-refractivity contribution in [2.24, 2.45) is 10.9 Å². The first-order valence-electron chi connectivity index (χ1n) is 5.58. The van der Waals surface area contributed by atoms with Crippen LogP contribution in [0.4, 0.5) is 0 Å². The van der Waals surface area contributed by atoms with Crippen LogP contribution in [-0.2, 0) is 0 Å². The molecule has 1 atom stereocenters. The highest BCUT2D eigenvalue weighted by Crippen LogP contribution is 2.17. The fraction of sp³-hybridized carbons (Fsp3) is 0.417. The molecule has 1 aromatic rings. The van der Waals surface area contributed by atoms with E-state index in [9.17, 15) is 0 Å². The van der Waals surface area contributed by atoms with Gasteiger partial charge < -0.3 is 16.3 Å². The third kappa shape index (κ3) is 5.06. The third-order valence-electron chi connectivity index (χ3n) is 2.54. The van der Waals surface area contributed by atoms with Crippen LogP contribution in [0, 0.1) is 0 Å². The van der Waals surface area contributed by atoms with Crippen molar-refractivity contribution in [3.8, 4) is 0 Å². The smallest absolute Gasteiger partial charge is 0.139 e. The number of hydrogen-bond donors (Lipinski definition) is 3. The van der Waals surface area contributed by atoms with Crippen LogP contribution in [0.25, 0.3) is 0 Å². The van der Waals surface area contributed by atoms with Crippen LogP contribution in [0.1, 0.15) is 31.4 Å². The maximum Gasteiger partial charge on any atom is 0.139 e. The van der Waals surface area contributed by atoms with Crippen LogP contribution in [0.3, 0.4) is 0 Å². The van der Waals surface area contributed by atoms with Gasteiger partial charge in [0.15, 0.2) is 0 Å². The third-order valence-corrected chi connectivity index (χ3v) is 2.77. The summed E-state index contributed by atoms with van der Waals surface area (Å²) in [6.45, 7) is 2.89. The highest BCUT2D eigenvalue weighted by molar-refractivity contribution is 6.30. The summed E-state index contributed by atoms with van der Waals surface area (Å²) in [6.07, 6.45) is 1.42. The number of hydrogen-bond acceptors (Lipinski definition) is 3. The van der Waals surface area contributed by atoms with Crippen molar-refractivity contribution in [3.63, 3.8) is 0 Å². The standard InChI is InChI=1S/C12H18ClN3O/c1-9(10-4-2-5-11(13)8-10)15-7-3-6-12(14)16-17/h2,4-5,8-9,15,17H,3,6-7H2,1H3,(H2,14,16)/t9-/m0/s1. The van der Waals surface area contributed by atoms with Crippen LogP contribution in [0.2, 0.25) is 5.02 Å². The van der Waals surface area contributed by atoms with Crippen LogP contribution in [0.15, 0.2) is 29.4 Å². The van der Waals surface area contributed by atoms with E-state index in [1.54, 1.807) is 0 Å². The molecule has 1 aromatic carbocycles. The molecule has 0 aliphatic carbocycles. The van der Waals surface area contributed by atoms with Crippen molar-refractivity contribution in [3.05, 3.63) is 34.9 Å². The molecule has 0 aromatic heterocycles. The molecule has 0 unspecified atom stereocenters. The van der Waals surface area contributed by atoms with Gasteiger partial charge in [-0.2, -0.15) is 0 Å². The number of benzene rings is 1. The predicted molar refractivity (Wildman–Crippen MR) is 70.5 cm³/mol. The molecular formula is C12H18ClN3O. The molecule has 0 radical (unpaired) electrons. The summed E-state index contributed by atoms with van der Waals surface area (Å²) in [5, 5.41) is 15.4. The Morgan fingerprint density at radius 3 is 3.00 bits per heavy atom. The van der Waals surface area contributed by atoms with Crippen LogP contribution < -0.4 is 11.1 Å². The first kappa shape index (κ1) is 13.8. The summed E-state index contributed by atoms with van der Waals surface area (Å²) >= 11 is 5.92. The van der Waals surface area contributed by atoms with E-state index in [1.165, 1.54) is 0 Å². The zero-order valence-electron chi connectivity index (χ0n) is 9.86. The first-order valence-corrected chi connectivity index (χ1v) is 5.96. The minimum Gasteiger partial charge on any atom is -0.409 e. The topological polar surface area (TPSA) is 70.6 Å². The van der Waals surface area contributed by atoms with Crippen molar-refractivity contribution >= 4 is 17.4 Å². The van der Waals surface area contributed by atoms with Crippen molar-refractivity contribution < 1.29 is 5.21 Å². The minimum atomic E-state index is 0.237. The van der Waals surface area contributed by atoms with E-state index in [2.05, 4.69) is 17.4 Å². The number of rotatable bonds is 6. The SMILES string of the molecule is C[C@H](NCCC/C(N)=N/O)c1cccc(Cl)c1. The van der Waals surface area contributed by atoms with Gasteiger partial charge in [0.25, 0.3) is 0 Å². The average molecular weight is 256 g/mol. The summed E-state index contributed by atoms with van der Waals surface area (Å²) in [4.78, 5) is 0. The number of amidine groups is 1. The van der Waals surface area contributed by atoms with Gasteiger partial charge in [-0.25, -0.2) is 0 Å². The second-order valence-corrected chi connectivity index (χ2v) is 4.36. The first-order chi connectivity index (χ1) is 8.13. The molecule has 5 heteroatoms. The molecule has 0 aliphatic heterocycles. The van der Waals surface area contributed by atoms with Crippen molar-refractivity contribution in [2.45, 2.75) is 25.8 Å². The molecule has 0 bridgehead atoms. The molecule has 0 amide bonds. The number of nitrogens with zero attached hydrogens (tertiary/aromatic N) is 1. The molecule has 0 fully saturated rings.